The van der Waals surface area contributed by atoms with E-state index in [1.807, 2.05) is 0 Å². The van der Waals surface area contributed by atoms with Crippen molar-refractivity contribution in [1.29, 1.82) is 0 Å². The van der Waals surface area contributed by atoms with Crippen LogP contribution in [0.2, 0.25) is 0 Å². The minimum absolute atomic E-state index is 0.452. The van der Waals surface area contributed by atoms with Crippen LogP contribution in [0.3, 0.4) is 0 Å². The average Bonchev–Trinajstić information content (AvgIpc) is 2.25. The highest BCUT2D eigenvalue weighted by Crippen LogP contribution is 2.14. The maximum Gasteiger partial charge on any atom is 0.401 e. The molecule has 0 bridgehead atoms. The van der Waals surface area contributed by atoms with Crippen molar-refractivity contribution in [2.24, 2.45) is 0 Å². The first-order chi connectivity index (χ1) is 6.49. The van der Waals surface area contributed by atoms with Gasteiger partial charge in [-0.15, -0.1) is 0 Å². The number of hydrogen-bond donors (Lipinski definition) is 3. The van der Waals surface area contributed by atoms with Crippen LogP contribution < -0.4 is 10.6 Å². The molecule has 1 rings (SSSR count). The number of aliphatic hydroxyl groups excluding tert-OH is 1. The van der Waals surface area contributed by atoms with Gasteiger partial charge in [0.1, 0.15) is 0 Å². The fourth-order valence-electron chi connectivity index (χ4n) is 1.51. The second kappa shape index (κ2) is 4.95. The Balaban J connectivity index is 2.33. The van der Waals surface area contributed by atoms with Gasteiger partial charge < -0.3 is 15.7 Å². The largest absolute Gasteiger partial charge is 0.401 e. The van der Waals surface area contributed by atoms with Crippen molar-refractivity contribution in [3.8, 4) is 0 Å². The zero-order chi connectivity index (χ0) is 10.6. The molecule has 0 aromatic carbocycles. The predicted molar refractivity (Wildman–Crippen MR) is 46.0 cm³/mol. The van der Waals surface area contributed by atoms with E-state index in [1.165, 1.54) is 0 Å². The third kappa shape index (κ3) is 4.26. The lowest BCUT2D eigenvalue weighted by molar-refractivity contribution is -0.127. The Morgan fingerprint density at radius 2 is 1.93 bits per heavy atom. The van der Waals surface area contributed by atoms with E-state index >= 15 is 0 Å². The second-order valence-corrected chi connectivity index (χ2v) is 3.50. The van der Waals surface area contributed by atoms with Crippen LogP contribution in [0.25, 0.3) is 0 Å². The monoisotopic (exact) mass is 212 g/mol. The van der Waals surface area contributed by atoms with Gasteiger partial charge in [-0.3, -0.25) is 0 Å². The van der Waals surface area contributed by atoms with Crippen molar-refractivity contribution in [3.05, 3.63) is 0 Å². The molecule has 1 fully saturated rings. The normalized spacial score (nSPS) is 30.0. The summed E-state index contributed by atoms with van der Waals surface area (Å²) >= 11 is 0. The Labute approximate surface area is 80.7 Å². The number of alkyl halides is 3. The zero-order valence-electron chi connectivity index (χ0n) is 7.77. The van der Waals surface area contributed by atoms with Crippen molar-refractivity contribution in [2.45, 2.75) is 31.2 Å². The summed E-state index contributed by atoms with van der Waals surface area (Å²) in [7, 11) is 0. The summed E-state index contributed by atoms with van der Waals surface area (Å²) in [5.74, 6) is 0. The van der Waals surface area contributed by atoms with Crippen LogP contribution in [-0.2, 0) is 0 Å². The summed E-state index contributed by atoms with van der Waals surface area (Å²) in [6.07, 6.45) is -3.88. The molecule has 1 aliphatic rings. The molecule has 0 saturated carbocycles. The van der Waals surface area contributed by atoms with Crippen LogP contribution in [0.4, 0.5) is 13.2 Å². The van der Waals surface area contributed by atoms with Gasteiger partial charge >= 0.3 is 6.18 Å². The SMILES string of the molecule is OC1CCNCCC1NCC(F)(F)F. The molecule has 0 aromatic rings. The summed E-state index contributed by atoms with van der Waals surface area (Å²) in [4.78, 5) is 0. The van der Waals surface area contributed by atoms with E-state index in [9.17, 15) is 18.3 Å². The lowest BCUT2D eigenvalue weighted by atomic mass is 10.1. The number of aliphatic hydroxyl groups is 1. The Kier molecular flexibility index (Phi) is 4.15. The molecular weight excluding hydrogens is 197 g/mol. The molecule has 0 radical (unpaired) electrons. The fourth-order valence-corrected chi connectivity index (χ4v) is 1.51. The Morgan fingerprint density at radius 3 is 2.57 bits per heavy atom. The molecule has 2 unspecified atom stereocenters. The van der Waals surface area contributed by atoms with E-state index in [1.54, 1.807) is 0 Å². The summed E-state index contributed by atoms with van der Waals surface area (Å²) in [6, 6.07) is -0.452. The van der Waals surface area contributed by atoms with Gasteiger partial charge in [0, 0.05) is 6.04 Å². The lowest BCUT2D eigenvalue weighted by Crippen LogP contribution is -2.44. The molecule has 1 aliphatic heterocycles. The quantitative estimate of drug-likeness (QED) is 0.615. The third-order valence-corrected chi connectivity index (χ3v) is 2.28. The first-order valence-electron chi connectivity index (χ1n) is 4.68. The molecule has 3 N–H and O–H groups in total. The third-order valence-electron chi connectivity index (χ3n) is 2.28. The smallest absolute Gasteiger partial charge is 0.391 e. The molecule has 2 atom stereocenters. The highest BCUT2D eigenvalue weighted by molar-refractivity contribution is 4.81. The average molecular weight is 212 g/mol. The van der Waals surface area contributed by atoms with Crippen LogP contribution in [0, 0.1) is 0 Å². The summed E-state index contributed by atoms with van der Waals surface area (Å²) in [6.45, 7) is 0.271. The number of nitrogens with one attached hydrogen (secondary N) is 2. The Bertz CT molecular complexity index is 174. The number of rotatable bonds is 2. The van der Waals surface area contributed by atoms with Crippen LogP contribution in [0.1, 0.15) is 12.8 Å². The van der Waals surface area contributed by atoms with Gasteiger partial charge in [0.2, 0.25) is 0 Å². The standard InChI is InChI=1S/C8H15F3N2O/c9-8(10,11)5-13-6-1-3-12-4-2-7(6)14/h6-7,12-14H,1-5H2. The van der Waals surface area contributed by atoms with E-state index in [4.69, 9.17) is 0 Å². The van der Waals surface area contributed by atoms with E-state index < -0.39 is 24.9 Å². The van der Waals surface area contributed by atoms with Crippen molar-refractivity contribution < 1.29 is 18.3 Å². The summed E-state index contributed by atoms with van der Waals surface area (Å²) in [5, 5.41) is 14.8. The van der Waals surface area contributed by atoms with Gasteiger partial charge in [-0.1, -0.05) is 0 Å². The molecule has 14 heavy (non-hydrogen) atoms. The maximum atomic E-state index is 11.9. The molecule has 3 nitrogen and oxygen atoms in total. The topological polar surface area (TPSA) is 44.3 Å². The molecule has 6 heteroatoms. The van der Waals surface area contributed by atoms with Gasteiger partial charge in [0.05, 0.1) is 12.6 Å². The van der Waals surface area contributed by atoms with Crippen molar-refractivity contribution in [3.63, 3.8) is 0 Å². The van der Waals surface area contributed by atoms with Crippen LogP contribution in [0.15, 0.2) is 0 Å². The van der Waals surface area contributed by atoms with Crippen molar-refractivity contribution in [1.82, 2.24) is 10.6 Å². The van der Waals surface area contributed by atoms with Crippen LogP contribution in [-0.4, -0.2) is 43.1 Å². The predicted octanol–water partition coefficient (Wildman–Crippen LogP) is 0.251. The van der Waals surface area contributed by atoms with Gasteiger partial charge in [0.25, 0.3) is 0 Å². The van der Waals surface area contributed by atoms with Crippen LogP contribution in [0.5, 0.6) is 0 Å². The van der Waals surface area contributed by atoms with Gasteiger partial charge in [-0.25, -0.2) is 0 Å². The highest BCUT2D eigenvalue weighted by Gasteiger charge is 2.30. The molecule has 84 valence electrons. The number of hydrogen-bond acceptors (Lipinski definition) is 3. The fraction of sp³-hybridized carbons (Fsp3) is 1.00. The Morgan fingerprint density at radius 1 is 1.29 bits per heavy atom. The summed E-state index contributed by atoms with van der Waals surface area (Å²) in [5.41, 5.74) is 0. The first kappa shape index (κ1) is 11.7. The van der Waals surface area contributed by atoms with E-state index in [-0.39, 0.29) is 0 Å². The molecular formula is C8H15F3N2O. The highest BCUT2D eigenvalue weighted by atomic mass is 19.4. The minimum atomic E-state index is -4.21. The molecule has 1 heterocycles. The van der Waals surface area contributed by atoms with Gasteiger partial charge in [0.15, 0.2) is 0 Å². The van der Waals surface area contributed by atoms with E-state index in [0.29, 0.717) is 25.9 Å². The van der Waals surface area contributed by atoms with E-state index in [2.05, 4.69) is 10.6 Å². The van der Waals surface area contributed by atoms with Crippen LogP contribution >= 0.6 is 0 Å². The zero-order valence-corrected chi connectivity index (χ0v) is 7.77. The van der Waals surface area contributed by atoms with E-state index in [0.717, 1.165) is 0 Å². The van der Waals surface area contributed by atoms with Crippen molar-refractivity contribution >= 4 is 0 Å². The van der Waals surface area contributed by atoms with Gasteiger partial charge in [-0.2, -0.15) is 13.2 Å². The molecule has 0 spiro atoms. The van der Waals surface area contributed by atoms with Gasteiger partial charge in [-0.05, 0) is 25.9 Å². The second-order valence-electron chi connectivity index (χ2n) is 3.50. The number of halogens is 3. The minimum Gasteiger partial charge on any atom is -0.391 e. The molecule has 0 amide bonds. The molecule has 1 saturated heterocycles. The molecule has 0 aromatic heterocycles. The first-order valence-corrected chi connectivity index (χ1v) is 4.68. The Hall–Kier alpha value is -0.330. The lowest BCUT2D eigenvalue weighted by Gasteiger charge is -2.22. The van der Waals surface area contributed by atoms with Crippen molar-refractivity contribution in [2.75, 3.05) is 19.6 Å². The summed E-state index contributed by atoms with van der Waals surface area (Å²) < 4.78 is 35.6. The maximum absolute atomic E-state index is 11.9. The molecule has 0 aliphatic carbocycles.